The number of carbonyl (C=O) groups is 2. The van der Waals surface area contributed by atoms with Gasteiger partial charge >= 0.3 is 6.03 Å². The van der Waals surface area contributed by atoms with Crippen LogP contribution in [0, 0.1) is 5.92 Å². The van der Waals surface area contributed by atoms with Crippen molar-refractivity contribution < 1.29 is 9.59 Å². The molecule has 0 spiro atoms. The Kier molecular flexibility index (Phi) is 8.06. The van der Waals surface area contributed by atoms with Crippen molar-refractivity contribution in [2.75, 3.05) is 0 Å². The standard InChI is InChI=1S/C19H25BrN4O3S/c1-4-5-6-9-24-17(26)13-10-12(20)7-8-14(13)22-19(24)28-15(11(2)3)16(25)23-18(21)27/h7-8,10-11,15H,4-6,9H2,1-3H3,(H3,21,23,25,27). The van der Waals surface area contributed by atoms with E-state index >= 15 is 0 Å². The number of nitrogens with one attached hydrogen (secondary N) is 1. The molecule has 0 aliphatic carbocycles. The van der Waals surface area contributed by atoms with Gasteiger partial charge in [0.15, 0.2) is 5.16 Å². The number of halogens is 1. The predicted molar refractivity (Wildman–Crippen MR) is 115 cm³/mol. The van der Waals surface area contributed by atoms with Crippen LogP contribution in [0.5, 0.6) is 0 Å². The summed E-state index contributed by atoms with van der Waals surface area (Å²) in [6.07, 6.45) is 2.85. The quantitative estimate of drug-likeness (QED) is 0.349. The van der Waals surface area contributed by atoms with E-state index in [9.17, 15) is 14.4 Å². The van der Waals surface area contributed by atoms with Crippen LogP contribution in [0.25, 0.3) is 10.9 Å². The number of rotatable bonds is 8. The molecule has 0 aliphatic rings. The van der Waals surface area contributed by atoms with Crippen LogP contribution in [0.2, 0.25) is 0 Å². The molecule has 0 aliphatic heterocycles. The first-order chi connectivity index (χ1) is 13.2. The molecule has 2 aromatic rings. The van der Waals surface area contributed by atoms with Crippen LogP contribution < -0.4 is 16.6 Å². The van der Waals surface area contributed by atoms with Gasteiger partial charge in [0.25, 0.3) is 5.56 Å². The molecule has 1 unspecified atom stereocenters. The fourth-order valence-electron chi connectivity index (χ4n) is 2.78. The van der Waals surface area contributed by atoms with Crippen LogP contribution in [0.15, 0.2) is 32.6 Å². The van der Waals surface area contributed by atoms with Gasteiger partial charge in [-0.15, -0.1) is 0 Å². The molecular weight excluding hydrogens is 444 g/mol. The summed E-state index contributed by atoms with van der Waals surface area (Å²) in [7, 11) is 0. The third kappa shape index (κ3) is 5.57. The lowest BCUT2D eigenvalue weighted by Crippen LogP contribution is -2.42. The number of nitrogens with two attached hydrogens (primary N) is 1. The molecule has 0 fully saturated rings. The van der Waals surface area contributed by atoms with Crippen LogP contribution in [0.4, 0.5) is 4.79 Å². The van der Waals surface area contributed by atoms with E-state index in [1.807, 2.05) is 19.9 Å². The van der Waals surface area contributed by atoms with Crippen molar-refractivity contribution in [1.29, 1.82) is 0 Å². The molecule has 0 bridgehead atoms. The SMILES string of the molecule is CCCCCn1c(SC(C(=O)NC(N)=O)C(C)C)nc2ccc(Br)cc2c1=O. The number of urea groups is 1. The van der Waals surface area contributed by atoms with Crippen molar-refractivity contribution in [3.8, 4) is 0 Å². The molecule has 0 radical (unpaired) electrons. The highest BCUT2D eigenvalue weighted by molar-refractivity contribution is 9.10. The number of hydrogen-bond donors (Lipinski definition) is 2. The van der Waals surface area contributed by atoms with Gasteiger partial charge in [-0.05, 0) is 30.5 Å². The maximum atomic E-state index is 13.1. The lowest BCUT2D eigenvalue weighted by atomic mass is 10.1. The third-order valence-electron chi connectivity index (χ3n) is 4.21. The number of thioether (sulfide) groups is 1. The van der Waals surface area contributed by atoms with Crippen LogP contribution in [-0.4, -0.2) is 26.7 Å². The minimum absolute atomic E-state index is 0.0917. The molecule has 2 rings (SSSR count). The van der Waals surface area contributed by atoms with Crippen molar-refractivity contribution in [2.24, 2.45) is 11.7 Å². The van der Waals surface area contributed by atoms with Gasteiger partial charge in [0.05, 0.1) is 16.2 Å². The molecule has 152 valence electrons. The topological polar surface area (TPSA) is 107 Å². The fraction of sp³-hybridized carbons (Fsp3) is 0.474. The number of nitrogens with zero attached hydrogens (tertiary/aromatic N) is 2. The van der Waals surface area contributed by atoms with E-state index < -0.39 is 17.2 Å². The van der Waals surface area contributed by atoms with Gasteiger partial charge in [0.2, 0.25) is 5.91 Å². The highest BCUT2D eigenvalue weighted by atomic mass is 79.9. The van der Waals surface area contributed by atoms with Gasteiger partial charge in [-0.1, -0.05) is 61.3 Å². The number of primary amides is 1. The number of carbonyl (C=O) groups excluding carboxylic acids is 2. The van der Waals surface area contributed by atoms with Crippen LogP contribution >= 0.6 is 27.7 Å². The first-order valence-electron chi connectivity index (χ1n) is 9.21. The number of imide groups is 1. The maximum Gasteiger partial charge on any atom is 0.318 e. The van der Waals surface area contributed by atoms with Gasteiger partial charge in [-0.3, -0.25) is 19.5 Å². The van der Waals surface area contributed by atoms with E-state index in [1.165, 1.54) is 11.8 Å². The van der Waals surface area contributed by atoms with Crippen molar-refractivity contribution in [2.45, 2.75) is 57.0 Å². The maximum absolute atomic E-state index is 13.1. The molecule has 1 atom stereocenters. The summed E-state index contributed by atoms with van der Waals surface area (Å²) >= 11 is 4.58. The number of hydrogen-bond acceptors (Lipinski definition) is 5. The van der Waals surface area contributed by atoms with Crippen molar-refractivity contribution in [3.63, 3.8) is 0 Å². The van der Waals surface area contributed by atoms with Crippen LogP contribution in [0.3, 0.4) is 0 Å². The Labute approximate surface area is 176 Å². The highest BCUT2D eigenvalue weighted by Gasteiger charge is 2.27. The number of benzene rings is 1. The second kappa shape index (κ2) is 10.1. The molecule has 7 nitrogen and oxygen atoms in total. The predicted octanol–water partition coefficient (Wildman–Crippen LogP) is 3.66. The zero-order chi connectivity index (χ0) is 20.8. The largest absolute Gasteiger partial charge is 0.351 e. The average molecular weight is 469 g/mol. The Hall–Kier alpha value is -1.87. The average Bonchev–Trinajstić information content (AvgIpc) is 2.61. The van der Waals surface area contributed by atoms with E-state index in [0.29, 0.717) is 22.6 Å². The summed E-state index contributed by atoms with van der Waals surface area (Å²) in [5, 5.41) is 2.52. The molecule has 3 amide bonds. The summed E-state index contributed by atoms with van der Waals surface area (Å²) in [6.45, 7) is 6.36. The van der Waals surface area contributed by atoms with E-state index in [0.717, 1.165) is 23.7 Å². The Morgan fingerprint density at radius 3 is 2.64 bits per heavy atom. The first kappa shape index (κ1) is 22.4. The summed E-state index contributed by atoms with van der Waals surface area (Å²) in [6, 6.07) is 4.46. The van der Waals surface area contributed by atoms with Gasteiger partial charge < -0.3 is 5.73 Å². The normalized spacial score (nSPS) is 12.3. The minimum atomic E-state index is -0.895. The van der Waals surface area contributed by atoms with Gasteiger partial charge in [0, 0.05) is 11.0 Å². The molecule has 1 heterocycles. The van der Waals surface area contributed by atoms with Crippen LogP contribution in [-0.2, 0) is 11.3 Å². The molecule has 0 saturated carbocycles. The number of unbranched alkanes of at least 4 members (excludes halogenated alkanes) is 2. The monoisotopic (exact) mass is 468 g/mol. The van der Waals surface area contributed by atoms with E-state index in [4.69, 9.17) is 5.73 Å². The molecule has 1 aromatic heterocycles. The fourth-order valence-corrected chi connectivity index (χ4v) is 4.26. The third-order valence-corrected chi connectivity index (χ3v) is 6.24. The molecular formula is C19H25BrN4O3S. The summed E-state index contributed by atoms with van der Waals surface area (Å²) < 4.78 is 2.43. The van der Waals surface area contributed by atoms with Gasteiger partial charge in [0.1, 0.15) is 0 Å². The summed E-state index contributed by atoms with van der Waals surface area (Å²) in [4.78, 5) is 41.3. The minimum Gasteiger partial charge on any atom is -0.351 e. The second-order valence-electron chi connectivity index (χ2n) is 6.86. The van der Waals surface area contributed by atoms with Crippen molar-refractivity contribution in [1.82, 2.24) is 14.9 Å². The van der Waals surface area contributed by atoms with E-state index in [2.05, 4.69) is 33.2 Å². The van der Waals surface area contributed by atoms with Crippen LogP contribution in [0.1, 0.15) is 40.0 Å². The zero-order valence-electron chi connectivity index (χ0n) is 16.2. The Bertz CT molecular complexity index is 929. The van der Waals surface area contributed by atoms with Gasteiger partial charge in [-0.2, -0.15) is 0 Å². The number of fused-ring (bicyclic) bond motifs is 1. The number of amides is 3. The lowest BCUT2D eigenvalue weighted by Gasteiger charge is -2.21. The zero-order valence-corrected chi connectivity index (χ0v) is 18.6. The lowest BCUT2D eigenvalue weighted by molar-refractivity contribution is -0.120. The highest BCUT2D eigenvalue weighted by Crippen LogP contribution is 2.28. The van der Waals surface area contributed by atoms with E-state index in [-0.39, 0.29) is 11.5 Å². The number of aromatic nitrogens is 2. The van der Waals surface area contributed by atoms with Crippen molar-refractivity contribution in [3.05, 3.63) is 33.0 Å². The Morgan fingerprint density at radius 1 is 1.32 bits per heavy atom. The Morgan fingerprint density at radius 2 is 2.04 bits per heavy atom. The molecule has 28 heavy (non-hydrogen) atoms. The Balaban J connectivity index is 2.51. The smallest absolute Gasteiger partial charge is 0.318 e. The van der Waals surface area contributed by atoms with Crippen molar-refractivity contribution >= 4 is 50.5 Å². The van der Waals surface area contributed by atoms with Gasteiger partial charge in [-0.25, -0.2) is 9.78 Å². The molecule has 9 heteroatoms. The summed E-state index contributed by atoms with van der Waals surface area (Å²) in [5.74, 6) is -0.580. The second-order valence-corrected chi connectivity index (χ2v) is 8.88. The first-order valence-corrected chi connectivity index (χ1v) is 10.9. The van der Waals surface area contributed by atoms with E-state index in [1.54, 1.807) is 16.7 Å². The molecule has 1 aromatic carbocycles. The summed E-state index contributed by atoms with van der Waals surface area (Å²) in [5.41, 5.74) is 5.53. The molecule has 3 N–H and O–H groups in total. The molecule has 0 saturated heterocycles.